The van der Waals surface area contributed by atoms with Crippen LogP contribution in [0, 0.1) is 0 Å². The van der Waals surface area contributed by atoms with Crippen molar-refractivity contribution >= 4 is 34.7 Å². The van der Waals surface area contributed by atoms with Crippen molar-refractivity contribution in [2.75, 3.05) is 35.0 Å². The molecule has 0 spiro atoms. The minimum atomic E-state index is 0.363. The molecule has 42 heavy (non-hydrogen) atoms. The number of methoxy groups -OCH3 is 4. The molecule has 4 rings (SSSR count). The Kier molecular flexibility index (Phi) is 11.2. The molecule has 0 N–H and O–H groups in total. The highest BCUT2D eigenvalue weighted by Gasteiger charge is 2.26. The molecule has 0 amide bonds. The van der Waals surface area contributed by atoms with Gasteiger partial charge in [-0.25, -0.2) is 15.0 Å². The first kappa shape index (κ1) is 30.9. The summed E-state index contributed by atoms with van der Waals surface area (Å²) in [6.07, 6.45) is 7.13. The van der Waals surface area contributed by atoms with E-state index < -0.39 is 0 Å². The molecule has 0 saturated carbocycles. The molecule has 3 aromatic rings. The molecule has 3 aromatic carbocycles. The molecule has 0 radical (unpaired) electrons. The SMILES string of the molecule is CCCCCCCCOc1ccccc1C1=N/C(=N\c2cc(OC)c(OC)cc2OC)C(c2cc(Cl)ccc2OC)=N1. The molecule has 0 aromatic heterocycles. The predicted octanol–water partition coefficient (Wildman–Crippen LogP) is 8.09. The molecule has 0 aliphatic carbocycles. The third kappa shape index (κ3) is 7.42. The van der Waals surface area contributed by atoms with E-state index in [0.717, 1.165) is 24.2 Å². The number of unbranched alkanes of at least 4 members (excludes halogenated alkanes) is 5. The number of halogens is 1. The van der Waals surface area contributed by atoms with Crippen molar-refractivity contribution in [3.05, 3.63) is 70.7 Å². The summed E-state index contributed by atoms with van der Waals surface area (Å²) < 4.78 is 28.5. The zero-order valence-corrected chi connectivity index (χ0v) is 25.7. The van der Waals surface area contributed by atoms with Gasteiger partial charge in [0.25, 0.3) is 0 Å². The lowest BCUT2D eigenvalue weighted by molar-refractivity contribution is 0.304. The lowest BCUT2D eigenvalue weighted by atomic mass is 10.1. The highest BCUT2D eigenvalue weighted by molar-refractivity contribution is 6.55. The van der Waals surface area contributed by atoms with Crippen LogP contribution in [0.5, 0.6) is 28.7 Å². The molecule has 1 aliphatic heterocycles. The smallest absolute Gasteiger partial charge is 0.181 e. The molecule has 1 heterocycles. The second-order valence-corrected chi connectivity index (χ2v) is 10.1. The molecule has 0 saturated heterocycles. The maximum atomic E-state index is 6.41. The van der Waals surface area contributed by atoms with Crippen LogP contribution in [0.2, 0.25) is 5.02 Å². The quantitative estimate of drug-likeness (QED) is 0.167. The van der Waals surface area contributed by atoms with Gasteiger partial charge in [0, 0.05) is 22.7 Å². The summed E-state index contributed by atoms with van der Waals surface area (Å²) in [6.45, 7) is 2.85. The van der Waals surface area contributed by atoms with Crippen LogP contribution in [-0.2, 0) is 0 Å². The standard InChI is InChI=1S/C33H38ClN3O5/c1-6-7-8-9-10-13-18-42-27-15-12-11-14-23(27)32-36-31(24-19-22(34)16-17-26(24)38-2)33(37-32)35-25-20-29(40-4)30(41-5)21-28(25)39-3/h11-12,14-17,19-21H,6-10,13,18H2,1-5H3/b35-33-. The Morgan fingerprint density at radius 2 is 1.36 bits per heavy atom. The van der Waals surface area contributed by atoms with E-state index in [9.17, 15) is 0 Å². The Morgan fingerprint density at radius 3 is 2.10 bits per heavy atom. The molecule has 0 atom stereocenters. The lowest BCUT2D eigenvalue weighted by Gasteiger charge is -2.12. The molecule has 222 valence electrons. The van der Waals surface area contributed by atoms with Crippen molar-refractivity contribution < 1.29 is 23.7 Å². The Morgan fingerprint density at radius 1 is 0.667 bits per heavy atom. The lowest BCUT2D eigenvalue weighted by Crippen LogP contribution is -2.11. The number of benzene rings is 3. The first-order valence-corrected chi connectivity index (χ1v) is 14.5. The summed E-state index contributed by atoms with van der Waals surface area (Å²) in [4.78, 5) is 14.7. The second kappa shape index (κ2) is 15.3. The minimum absolute atomic E-state index is 0.363. The zero-order valence-electron chi connectivity index (χ0n) is 24.9. The maximum absolute atomic E-state index is 6.41. The van der Waals surface area contributed by atoms with Crippen molar-refractivity contribution in [2.24, 2.45) is 15.0 Å². The number of ether oxygens (including phenoxy) is 5. The monoisotopic (exact) mass is 591 g/mol. The van der Waals surface area contributed by atoms with Gasteiger partial charge in [-0.1, -0.05) is 62.8 Å². The van der Waals surface area contributed by atoms with Crippen molar-refractivity contribution in [1.29, 1.82) is 0 Å². The van der Waals surface area contributed by atoms with E-state index in [1.54, 1.807) is 58.8 Å². The van der Waals surface area contributed by atoms with Gasteiger partial charge in [-0.2, -0.15) is 0 Å². The van der Waals surface area contributed by atoms with E-state index in [-0.39, 0.29) is 0 Å². The van der Waals surface area contributed by atoms with Crippen molar-refractivity contribution in [3.8, 4) is 28.7 Å². The van der Waals surface area contributed by atoms with Crippen LogP contribution < -0.4 is 23.7 Å². The first-order chi connectivity index (χ1) is 20.5. The number of aliphatic imine (C=N–C) groups is 3. The molecule has 8 nitrogen and oxygen atoms in total. The van der Waals surface area contributed by atoms with Gasteiger partial charge in [0.1, 0.15) is 28.6 Å². The van der Waals surface area contributed by atoms with E-state index in [0.29, 0.717) is 63.3 Å². The van der Waals surface area contributed by atoms with Crippen LogP contribution in [0.1, 0.15) is 56.6 Å². The third-order valence-corrected chi connectivity index (χ3v) is 7.09. The predicted molar refractivity (Wildman–Crippen MR) is 170 cm³/mol. The minimum Gasteiger partial charge on any atom is -0.496 e. The molecule has 1 aliphatic rings. The van der Waals surface area contributed by atoms with Crippen LogP contribution in [0.15, 0.2) is 69.6 Å². The van der Waals surface area contributed by atoms with Gasteiger partial charge >= 0.3 is 0 Å². The first-order valence-electron chi connectivity index (χ1n) is 14.2. The van der Waals surface area contributed by atoms with Crippen molar-refractivity contribution in [1.82, 2.24) is 0 Å². The van der Waals surface area contributed by atoms with E-state index >= 15 is 0 Å². The highest BCUT2D eigenvalue weighted by atomic mass is 35.5. The van der Waals surface area contributed by atoms with E-state index in [1.807, 2.05) is 24.3 Å². The topological polar surface area (TPSA) is 83.2 Å². The number of amidine groups is 2. The summed E-state index contributed by atoms with van der Waals surface area (Å²) in [6, 6.07) is 16.6. The highest BCUT2D eigenvalue weighted by Crippen LogP contribution is 2.40. The van der Waals surface area contributed by atoms with Gasteiger partial charge in [-0.15, -0.1) is 0 Å². The number of para-hydroxylation sites is 1. The number of hydrogen-bond acceptors (Lipinski definition) is 7. The Bertz CT molecular complexity index is 1470. The van der Waals surface area contributed by atoms with Gasteiger partial charge in [0.2, 0.25) is 0 Å². The summed E-state index contributed by atoms with van der Waals surface area (Å²) in [5.41, 5.74) is 2.43. The molecule has 9 heteroatoms. The third-order valence-electron chi connectivity index (χ3n) is 6.85. The van der Waals surface area contributed by atoms with Gasteiger partial charge in [0.05, 0.1) is 40.6 Å². The average Bonchev–Trinajstić information content (AvgIpc) is 3.43. The largest absolute Gasteiger partial charge is 0.496 e. The van der Waals surface area contributed by atoms with Gasteiger partial charge < -0.3 is 23.7 Å². The fourth-order valence-corrected chi connectivity index (χ4v) is 4.81. The summed E-state index contributed by atoms with van der Waals surface area (Å²) in [5, 5.41) is 0.535. The van der Waals surface area contributed by atoms with Gasteiger partial charge in [-0.3, -0.25) is 0 Å². The van der Waals surface area contributed by atoms with Crippen LogP contribution in [-0.4, -0.2) is 52.4 Å². The zero-order chi connectivity index (χ0) is 29.9. The summed E-state index contributed by atoms with van der Waals surface area (Å²) >= 11 is 6.41. The molecular weight excluding hydrogens is 554 g/mol. The van der Waals surface area contributed by atoms with Crippen LogP contribution >= 0.6 is 11.6 Å². The van der Waals surface area contributed by atoms with E-state index in [2.05, 4.69) is 6.92 Å². The van der Waals surface area contributed by atoms with E-state index in [1.165, 1.54) is 25.7 Å². The Hall–Kier alpha value is -4.04. The fraction of sp³-hybridized carbons (Fsp3) is 0.364. The van der Waals surface area contributed by atoms with Crippen LogP contribution in [0.4, 0.5) is 5.69 Å². The molecule has 0 fully saturated rings. The van der Waals surface area contributed by atoms with Crippen molar-refractivity contribution in [3.63, 3.8) is 0 Å². The average molecular weight is 592 g/mol. The van der Waals surface area contributed by atoms with Crippen LogP contribution in [0.3, 0.4) is 0 Å². The Balaban J connectivity index is 1.75. The maximum Gasteiger partial charge on any atom is 0.181 e. The Labute approximate surface area is 253 Å². The van der Waals surface area contributed by atoms with Crippen LogP contribution in [0.25, 0.3) is 0 Å². The number of nitrogens with zero attached hydrogens (tertiary/aromatic N) is 3. The van der Waals surface area contributed by atoms with Gasteiger partial charge in [0.15, 0.2) is 23.2 Å². The second-order valence-electron chi connectivity index (χ2n) is 9.67. The number of hydrogen-bond donors (Lipinski definition) is 0. The van der Waals surface area contributed by atoms with Gasteiger partial charge in [-0.05, 0) is 36.8 Å². The van der Waals surface area contributed by atoms with E-state index in [4.69, 9.17) is 50.3 Å². The number of rotatable bonds is 15. The molecule has 0 bridgehead atoms. The normalized spacial score (nSPS) is 13.5. The fourth-order valence-electron chi connectivity index (χ4n) is 4.63. The summed E-state index contributed by atoms with van der Waals surface area (Å²) in [5.74, 6) is 3.67. The molecular formula is C33H38ClN3O5. The van der Waals surface area contributed by atoms with Crippen molar-refractivity contribution in [2.45, 2.75) is 45.4 Å². The molecule has 0 unspecified atom stereocenters. The summed E-state index contributed by atoms with van der Waals surface area (Å²) in [7, 11) is 6.31.